The minimum atomic E-state index is -0.500. The van der Waals surface area contributed by atoms with Gasteiger partial charge in [0.05, 0.1) is 11.4 Å². The number of para-hydroxylation sites is 1. The van der Waals surface area contributed by atoms with Crippen LogP contribution in [0.2, 0.25) is 0 Å². The van der Waals surface area contributed by atoms with Gasteiger partial charge in [-0.25, -0.2) is 9.97 Å². The zero-order chi connectivity index (χ0) is 16.8. The van der Waals surface area contributed by atoms with Crippen molar-refractivity contribution < 1.29 is 9.59 Å². The number of hydrogen-bond acceptors (Lipinski definition) is 4. The molecule has 1 atom stereocenters. The van der Waals surface area contributed by atoms with Crippen molar-refractivity contribution in [1.29, 1.82) is 0 Å². The van der Waals surface area contributed by atoms with Crippen LogP contribution in [0.15, 0.2) is 42.7 Å². The standard InChI is InChI=1S/C18H16N4O2/c1-11-9-19-18(20-10-11)22-14-6-4-3-5-12(14)7-15(22)13-8-16(23)21(2)17(13)24/h3-7,9-10,13H,8H2,1-2H3/t13-/m0/s1. The molecule has 3 heterocycles. The molecule has 2 amide bonds. The van der Waals surface area contributed by atoms with E-state index in [0.29, 0.717) is 5.95 Å². The molecular formula is C18H16N4O2. The largest absolute Gasteiger partial charge is 0.285 e. The summed E-state index contributed by atoms with van der Waals surface area (Å²) in [5, 5.41) is 0.992. The van der Waals surface area contributed by atoms with E-state index in [1.54, 1.807) is 12.4 Å². The Balaban J connectivity index is 1.96. The van der Waals surface area contributed by atoms with Crippen LogP contribution in [0.3, 0.4) is 0 Å². The number of carbonyl (C=O) groups excluding carboxylic acids is 2. The van der Waals surface area contributed by atoms with Crippen molar-refractivity contribution in [3.8, 4) is 5.95 Å². The summed E-state index contributed by atoms with van der Waals surface area (Å²) in [5.74, 6) is -0.339. The van der Waals surface area contributed by atoms with Gasteiger partial charge in [0, 0.05) is 36.9 Å². The number of likely N-dealkylation sites (N-methyl/N-ethyl adjacent to an activating group) is 1. The number of aryl methyl sites for hydroxylation is 1. The number of rotatable bonds is 2. The molecule has 0 spiro atoms. The molecule has 2 aromatic heterocycles. The number of benzene rings is 1. The van der Waals surface area contributed by atoms with Crippen LogP contribution in [0, 0.1) is 6.92 Å². The lowest BCUT2D eigenvalue weighted by Crippen LogP contribution is -2.25. The Morgan fingerprint density at radius 2 is 1.83 bits per heavy atom. The molecule has 3 aromatic rings. The number of nitrogens with zero attached hydrogens (tertiary/aromatic N) is 4. The lowest BCUT2D eigenvalue weighted by atomic mass is 10.0. The normalized spacial score (nSPS) is 17.9. The van der Waals surface area contributed by atoms with Crippen molar-refractivity contribution in [2.24, 2.45) is 0 Å². The van der Waals surface area contributed by atoms with E-state index in [-0.39, 0.29) is 18.2 Å². The monoisotopic (exact) mass is 320 g/mol. The average Bonchev–Trinajstić information content (AvgIpc) is 3.09. The molecule has 4 rings (SSSR count). The van der Waals surface area contributed by atoms with Crippen molar-refractivity contribution in [1.82, 2.24) is 19.4 Å². The summed E-state index contributed by atoms with van der Waals surface area (Å²) in [6, 6.07) is 9.78. The number of aromatic nitrogens is 3. The maximum absolute atomic E-state index is 12.5. The van der Waals surface area contributed by atoms with Crippen LogP contribution in [0.25, 0.3) is 16.9 Å². The Morgan fingerprint density at radius 1 is 1.12 bits per heavy atom. The van der Waals surface area contributed by atoms with Crippen molar-refractivity contribution >= 4 is 22.7 Å². The predicted molar refractivity (Wildman–Crippen MR) is 88.7 cm³/mol. The van der Waals surface area contributed by atoms with E-state index >= 15 is 0 Å². The van der Waals surface area contributed by atoms with Gasteiger partial charge in [0.25, 0.3) is 0 Å². The number of imide groups is 1. The summed E-state index contributed by atoms with van der Waals surface area (Å²) in [4.78, 5) is 34.4. The topological polar surface area (TPSA) is 68.1 Å². The summed E-state index contributed by atoms with van der Waals surface area (Å²) in [6.45, 7) is 1.92. The van der Waals surface area contributed by atoms with Gasteiger partial charge in [0.2, 0.25) is 17.8 Å². The van der Waals surface area contributed by atoms with E-state index in [1.165, 1.54) is 11.9 Å². The molecule has 1 fully saturated rings. The fraction of sp³-hybridized carbons (Fsp3) is 0.222. The van der Waals surface area contributed by atoms with E-state index in [9.17, 15) is 9.59 Å². The quantitative estimate of drug-likeness (QED) is 0.679. The predicted octanol–water partition coefficient (Wildman–Crippen LogP) is 2.20. The second-order valence-corrected chi connectivity index (χ2v) is 6.07. The average molecular weight is 320 g/mol. The van der Waals surface area contributed by atoms with Crippen molar-refractivity contribution in [2.45, 2.75) is 19.3 Å². The Morgan fingerprint density at radius 3 is 2.50 bits per heavy atom. The van der Waals surface area contributed by atoms with Gasteiger partial charge in [-0.2, -0.15) is 0 Å². The Labute approximate surface area is 138 Å². The molecule has 0 radical (unpaired) electrons. The maximum Gasteiger partial charge on any atom is 0.238 e. The summed E-state index contributed by atoms with van der Waals surface area (Å²) < 4.78 is 1.88. The molecule has 0 N–H and O–H groups in total. The number of hydrogen-bond donors (Lipinski definition) is 0. The second kappa shape index (κ2) is 5.26. The number of amides is 2. The van der Waals surface area contributed by atoms with Crippen LogP contribution < -0.4 is 0 Å². The van der Waals surface area contributed by atoms with Crippen LogP contribution in [0.4, 0.5) is 0 Å². The van der Waals surface area contributed by atoms with E-state index in [0.717, 1.165) is 22.2 Å². The van der Waals surface area contributed by atoms with Crippen molar-refractivity contribution in [2.75, 3.05) is 7.05 Å². The Kier molecular flexibility index (Phi) is 3.19. The lowest BCUT2D eigenvalue weighted by Gasteiger charge is -2.13. The third-order valence-electron chi connectivity index (χ3n) is 4.45. The maximum atomic E-state index is 12.5. The van der Waals surface area contributed by atoms with Gasteiger partial charge in [-0.3, -0.25) is 19.1 Å². The first-order valence-corrected chi connectivity index (χ1v) is 7.76. The highest BCUT2D eigenvalue weighted by Crippen LogP contribution is 2.34. The number of likely N-dealkylation sites (tertiary alicyclic amines) is 1. The van der Waals surface area contributed by atoms with Gasteiger partial charge in [-0.05, 0) is 24.6 Å². The molecule has 1 aliphatic rings. The molecular weight excluding hydrogens is 304 g/mol. The first kappa shape index (κ1) is 14.6. The highest BCUT2D eigenvalue weighted by atomic mass is 16.2. The highest BCUT2D eigenvalue weighted by Gasteiger charge is 2.39. The summed E-state index contributed by atoms with van der Waals surface area (Å²) in [5.41, 5.74) is 2.64. The fourth-order valence-corrected chi connectivity index (χ4v) is 3.14. The van der Waals surface area contributed by atoms with E-state index in [2.05, 4.69) is 9.97 Å². The molecule has 24 heavy (non-hydrogen) atoms. The highest BCUT2D eigenvalue weighted by molar-refractivity contribution is 6.06. The first-order valence-electron chi connectivity index (χ1n) is 7.76. The minimum absolute atomic E-state index is 0.161. The summed E-state index contributed by atoms with van der Waals surface area (Å²) >= 11 is 0. The SMILES string of the molecule is Cc1cnc(-n2c([C@@H]3CC(=O)N(C)C3=O)cc3ccccc32)nc1. The molecule has 1 aliphatic heterocycles. The van der Waals surface area contributed by atoms with Gasteiger partial charge in [-0.15, -0.1) is 0 Å². The first-order chi connectivity index (χ1) is 11.6. The zero-order valence-corrected chi connectivity index (χ0v) is 13.4. The number of carbonyl (C=O) groups is 2. The summed E-state index contributed by atoms with van der Waals surface area (Å²) in [6.07, 6.45) is 3.67. The third-order valence-corrected chi connectivity index (χ3v) is 4.45. The van der Waals surface area contributed by atoms with E-state index in [4.69, 9.17) is 0 Å². The molecule has 1 aromatic carbocycles. The van der Waals surface area contributed by atoms with Gasteiger partial charge in [-0.1, -0.05) is 18.2 Å². The molecule has 0 saturated carbocycles. The Bertz CT molecular complexity index is 959. The molecule has 1 saturated heterocycles. The van der Waals surface area contributed by atoms with Crippen LogP contribution in [-0.4, -0.2) is 38.3 Å². The van der Waals surface area contributed by atoms with Crippen LogP contribution in [0.5, 0.6) is 0 Å². The van der Waals surface area contributed by atoms with Gasteiger partial charge in [0.1, 0.15) is 0 Å². The molecule has 0 bridgehead atoms. The minimum Gasteiger partial charge on any atom is -0.285 e. The zero-order valence-electron chi connectivity index (χ0n) is 13.4. The second-order valence-electron chi connectivity index (χ2n) is 6.07. The molecule has 6 nitrogen and oxygen atoms in total. The molecule has 6 heteroatoms. The Hall–Kier alpha value is -3.02. The van der Waals surface area contributed by atoms with Crippen LogP contribution >= 0.6 is 0 Å². The fourth-order valence-electron chi connectivity index (χ4n) is 3.14. The van der Waals surface area contributed by atoms with Gasteiger partial charge >= 0.3 is 0 Å². The van der Waals surface area contributed by atoms with Gasteiger partial charge < -0.3 is 0 Å². The molecule has 0 unspecified atom stereocenters. The third kappa shape index (κ3) is 2.11. The van der Waals surface area contributed by atoms with Crippen molar-refractivity contribution in [3.05, 3.63) is 54.0 Å². The lowest BCUT2D eigenvalue weighted by molar-refractivity contribution is -0.137. The van der Waals surface area contributed by atoms with E-state index in [1.807, 2.05) is 41.8 Å². The van der Waals surface area contributed by atoms with Crippen LogP contribution in [0.1, 0.15) is 23.6 Å². The van der Waals surface area contributed by atoms with Gasteiger partial charge in [0.15, 0.2) is 0 Å². The number of fused-ring (bicyclic) bond motifs is 1. The smallest absolute Gasteiger partial charge is 0.238 e. The van der Waals surface area contributed by atoms with Crippen molar-refractivity contribution in [3.63, 3.8) is 0 Å². The molecule has 120 valence electrons. The summed E-state index contributed by atoms with van der Waals surface area (Å²) in [7, 11) is 1.53. The van der Waals surface area contributed by atoms with E-state index < -0.39 is 5.92 Å². The molecule has 0 aliphatic carbocycles. The van der Waals surface area contributed by atoms with Crippen LogP contribution in [-0.2, 0) is 9.59 Å².